The third kappa shape index (κ3) is 3.63. The molecule has 1 heterocycles. The summed E-state index contributed by atoms with van der Waals surface area (Å²) >= 11 is 6.16. The van der Waals surface area contributed by atoms with Gasteiger partial charge in [0.1, 0.15) is 10.6 Å². The van der Waals surface area contributed by atoms with Crippen LogP contribution in [0, 0.1) is 5.92 Å². The van der Waals surface area contributed by atoms with E-state index >= 15 is 0 Å². The first kappa shape index (κ1) is 17.0. The first-order chi connectivity index (χ1) is 11.4. The number of sulfonamides is 1. The molecule has 0 amide bonds. The Kier molecular flexibility index (Phi) is 4.67. The van der Waals surface area contributed by atoms with Gasteiger partial charge in [-0.15, -0.1) is 0 Å². The predicted molar refractivity (Wildman–Crippen MR) is 89.5 cm³/mol. The number of H-pyrrole nitrogens is 1. The summed E-state index contributed by atoms with van der Waals surface area (Å²) in [5.74, 6) is -0.851. The van der Waals surface area contributed by atoms with E-state index in [9.17, 15) is 13.2 Å². The zero-order chi connectivity index (χ0) is 17.3. The lowest BCUT2D eigenvalue weighted by molar-refractivity contribution is 0.0691. The molecular formula is C16H17ClN2O4S. The number of aromatic amines is 1. The van der Waals surface area contributed by atoms with Crippen LogP contribution in [0.4, 0.5) is 0 Å². The van der Waals surface area contributed by atoms with Crippen molar-refractivity contribution < 1.29 is 18.3 Å². The predicted octanol–water partition coefficient (Wildman–Crippen LogP) is 2.97. The second-order valence-corrected chi connectivity index (χ2v) is 8.23. The van der Waals surface area contributed by atoms with Crippen LogP contribution in [0.3, 0.4) is 0 Å². The molecule has 0 unspecified atom stereocenters. The fraction of sp³-hybridized carbons (Fsp3) is 0.312. The largest absolute Gasteiger partial charge is 0.477 e. The number of benzene rings is 1. The number of halogens is 1. The van der Waals surface area contributed by atoms with E-state index in [1.54, 1.807) is 18.2 Å². The molecule has 1 aliphatic carbocycles. The first-order valence-corrected chi connectivity index (χ1v) is 9.35. The van der Waals surface area contributed by atoms with E-state index in [0.717, 1.165) is 24.5 Å². The van der Waals surface area contributed by atoms with Gasteiger partial charge < -0.3 is 10.1 Å². The number of aromatic nitrogens is 1. The fourth-order valence-electron chi connectivity index (χ4n) is 2.45. The Balaban J connectivity index is 1.91. The summed E-state index contributed by atoms with van der Waals surface area (Å²) in [5, 5.41) is 9.48. The van der Waals surface area contributed by atoms with Gasteiger partial charge in [0.2, 0.25) is 10.0 Å². The fourth-order valence-corrected chi connectivity index (χ4v) is 4.13. The van der Waals surface area contributed by atoms with Gasteiger partial charge in [-0.25, -0.2) is 13.2 Å². The summed E-state index contributed by atoms with van der Waals surface area (Å²) in [6.45, 7) is 0.563. The lowest BCUT2D eigenvalue weighted by atomic mass is 10.2. The molecule has 128 valence electrons. The maximum absolute atomic E-state index is 12.9. The highest BCUT2D eigenvalue weighted by Crippen LogP contribution is 2.33. The minimum Gasteiger partial charge on any atom is -0.477 e. The molecule has 1 aromatic carbocycles. The Morgan fingerprint density at radius 2 is 2.04 bits per heavy atom. The maximum Gasteiger partial charge on any atom is 0.352 e. The van der Waals surface area contributed by atoms with Crippen LogP contribution in [-0.4, -0.2) is 35.3 Å². The van der Waals surface area contributed by atoms with Gasteiger partial charge in [-0.1, -0.05) is 29.8 Å². The molecule has 0 bridgehead atoms. The first-order valence-electron chi connectivity index (χ1n) is 7.53. The third-order valence-electron chi connectivity index (χ3n) is 3.99. The Labute approximate surface area is 145 Å². The normalized spacial score (nSPS) is 14.9. The standard InChI is InChI=1S/C16H17ClN2O4S/c17-14-4-2-1-3-12(14)10-19(9-11-5-6-11)24(22,23)13-7-15(16(20)21)18-8-13/h1-4,7-8,11,18H,5-6,9-10H2,(H,20,21). The van der Waals surface area contributed by atoms with Crippen LogP contribution in [0.15, 0.2) is 41.4 Å². The molecule has 8 heteroatoms. The minimum atomic E-state index is -3.80. The van der Waals surface area contributed by atoms with Crippen molar-refractivity contribution in [1.82, 2.24) is 9.29 Å². The van der Waals surface area contributed by atoms with Gasteiger partial charge >= 0.3 is 5.97 Å². The molecule has 0 atom stereocenters. The highest BCUT2D eigenvalue weighted by Gasteiger charge is 2.33. The van der Waals surface area contributed by atoms with Crippen LogP contribution < -0.4 is 0 Å². The third-order valence-corrected chi connectivity index (χ3v) is 6.15. The lowest BCUT2D eigenvalue weighted by Gasteiger charge is -2.22. The number of nitrogens with zero attached hydrogens (tertiary/aromatic N) is 1. The van der Waals surface area contributed by atoms with Crippen LogP contribution in [-0.2, 0) is 16.6 Å². The number of aromatic carboxylic acids is 1. The molecule has 2 N–H and O–H groups in total. The summed E-state index contributed by atoms with van der Waals surface area (Å²) in [7, 11) is -3.80. The van der Waals surface area contributed by atoms with Crippen molar-refractivity contribution >= 4 is 27.6 Å². The maximum atomic E-state index is 12.9. The molecule has 0 saturated heterocycles. The summed E-state index contributed by atoms with van der Waals surface area (Å²) in [5.41, 5.74) is 0.565. The van der Waals surface area contributed by atoms with Gasteiger partial charge in [-0.3, -0.25) is 0 Å². The summed E-state index contributed by atoms with van der Waals surface area (Å²) in [6, 6.07) is 8.25. The molecule has 1 aliphatic rings. The molecule has 2 aromatic rings. The van der Waals surface area contributed by atoms with E-state index in [-0.39, 0.29) is 17.1 Å². The zero-order valence-electron chi connectivity index (χ0n) is 12.8. The molecular weight excluding hydrogens is 352 g/mol. The van der Waals surface area contributed by atoms with Crippen LogP contribution in [0.2, 0.25) is 5.02 Å². The SMILES string of the molecule is O=C(O)c1cc(S(=O)(=O)N(Cc2ccccc2Cl)CC2CC2)c[nH]1. The van der Waals surface area contributed by atoms with Gasteiger partial charge in [-0.05, 0) is 36.5 Å². The van der Waals surface area contributed by atoms with Gasteiger partial charge in [0.15, 0.2) is 0 Å². The Hall–Kier alpha value is -1.83. The zero-order valence-corrected chi connectivity index (χ0v) is 14.3. The molecule has 0 spiro atoms. The number of rotatable bonds is 7. The summed E-state index contributed by atoms with van der Waals surface area (Å²) in [6.07, 6.45) is 3.22. The number of hydrogen-bond donors (Lipinski definition) is 2. The van der Waals surface area contributed by atoms with Crippen molar-refractivity contribution in [3.8, 4) is 0 Å². The quantitative estimate of drug-likeness (QED) is 0.786. The molecule has 1 fully saturated rings. The Morgan fingerprint density at radius 1 is 1.33 bits per heavy atom. The molecule has 0 aliphatic heterocycles. The van der Waals surface area contributed by atoms with E-state index in [0.29, 0.717) is 17.5 Å². The molecule has 3 rings (SSSR count). The van der Waals surface area contributed by atoms with E-state index in [1.807, 2.05) is 6.07 Å². The number of nitrogens with one attached hydrogen (secondary N) is 1. The van der Waals surface area contributed by atoms with E-state index in [4.69, 9.17) is 16.7 Å². The Bertz CT molecular complexity index is 858. The molecule has 6 nitrogen and oxygen atoms in total. The molecule has 0 radical (unpaired) electrons. The summed E-state index contributed by atoms with van der Waals surface area (Å²) < 4.78 is 27.2. The van der Waals surface area contributed by atoms with Gasteiger partial charge in [-0.2, -0.15) is 4.31 Å². The van der Waals surface area contributed by atoms with Crippen LogP contribution in [0.1, 0.15) is 28.9 Å². The average Bonchev–Trinajstić information content (AvgIpc) is 3.20. The van der Waals surface area contributed by atoms with Crippen molar-refractivity contribution in [2.24, 2.45) is 5.92 Å². The van der Waals surface area contributed by atoms with Gasteiger partial charge in [0.05, 0.1) is 0 Å². The smallest absolute Gasteiger partial charge is 0.352 e. The van der Waals surface area contributed by atoms with Crippen LogP contribution in [0.5, 0.6) is 0 Å². The highest BCUT2D eigenvalue weighted by molar-refractivity contribution is 7.89. The monoisotopic (exact) mass is 368 g/mol. The number of carboxylic acid groups (broad SMARTS) is 1. The number of carbonyl (C=O) groups is 1. The highest BCUT2D eigenvalue weighted by atomic mass is 35.5. The van der Waals surface area contributed by atoms with Crippen LogP contribution >= 0.6 is 11.6 Å². The molecule has 1 saturated carbocycles. The molecule has 1 aromatic heterocycles. The topological polar surface area (TPSA) is 90.5 Å². The van der Waals surface area contributed by atoms with Crippen molar-refractivity contribution in [2.45, 2.75) is 24.3 Å². The van der Waals surface area contributed by atoms with Crippen molar-refractivity contribution in [1.29, 1.82) is 0 Å². The van der Waals surface area contributed by atoms with E-state index in [2.05, 4.69) is 4.98 Å². The van der Waals surface area contributed by atoms with Crippen molar-refractivity contribution in [3.05, 3.63) is 52.8 Å². The number of hydrogen-bond acceptors (Lipinski definition) is 3. The van der Waals surface area contributed by atoms with E-state index < -0.39 is 16.0 Å². The average molecular weight is 369 g/mol. The van der Waals surface area contributed by atoms with E-state index in [1.165, 1.54) is 10.5 Å². The molecule has 24 heavy (non-hydrogen) atoms. The van der Waals surface area contributed by atoms with Crippen molar-refractivity contribution in [2.75, 3.05) is 6.54 Å². The Morgan fingerprint density at radius 3 is 2.62 bits per heavy atom. The van der Waals surface area contributed by atoms with Crippen molar-refractivity contribution in [3.63, 3.8) is 0 Å². The second-order valence-electron chi connectivity index (χ2n) is 5.89. The minimum absolute atomic E-state index is 0.0485. The summed E-state index contributed by atoms with van der Waals surface area (Å²) in [4.78, 5) is 13.4. The second kappa shape index (κ2) is 6.58. The van der Waals surface area contributed by atoms with Crippen LogP contribution in [0.25, 0.3) is 0 Å². The van der Waals surface area contributed by atoms with Gasteiger partial charge in [0.25, 0.3) is 0 Å². The number of carboxylic acids is 1. The van der Waals surface area contributed by atoms with Gasteiger partial charge in [0, 0.05) is 24.3 Å². The lowest BCUT2D eigenvalue weighted by Crippen LogP contribution is -2.32.